The fourth-order valence-corrected chi connectivity index (χ4v) is 10.1. The molecule has 304 valence electrons. The Bertz CT molecular complexity index is 2260. The average Bonchev–Trinajstić information content (AvgIpc) is 3.67. The fourth-order valence-electron chi connectivity index (χ4n) is 9.92. The van der Waals surface area contributed by atoms with Crippen LogP contribution in [0.5, 0.6) is 5.75 Å². The van der Waals surface area contributed by atoms with E-state index in [0.717, 1.165) is 75.3 Å². The predicted molar refractivity (Wildman–Crippen MR) is 217 cm³/mol. The van der Waals surface area contributed by atoms with E-state index in [1.165, 1.54) is 0 Å². The maximum Gasteiger partial charge on any atom is 0.262 e. The highest BCUT2D eigenvalue weighted by molar-refractivity contribution is 6.33. The minimum atomic E-state index is -0.992. The van der Waals surface area contributed by atoms with Crippen molar-refractivity contribution in [2.75, 3.05) is 44.2 Å². The Hall–Kier alpha value is -5.78. The van der Waals surface area contributed by atoms with Gasteiger partial charge in [0.05, 0.1) is 22.7 Å². The Morgan fingerprint density at radius 2 is 1.39 bits per heavy atom. The highest BCUT2D eigenvalue weighted by atomic mass is 35.5. The van der Waals surface area contributed by atoms with Gasteiger partial charge in [-0.1, -0.05) is 17.7 Å². The first-order valence-corrected chi connectivity index (χ1v) is 20.8. The van der Waals surface area contributed by atoms with Crippen LogP contribution in [0.1, 0.15) is 92.8 Å². The number of nitrogens with one attached hydrogen (secondary N) is 1. The van der Waals surface area contributed by atoms with Crippen molar-refractivity contribution in [3.8, 4) is 5.75 Å². The van der Waals surface area contributed by atoms with Crippen LogP contribution < -0.4 is 15.0 Å². The topological polar surface area (TPSA) is 144 Å². The molecule has 0 radical (unpaired) electrons. The standard InChI is InChI=1S/C44H44ClN7O7/c1-46-37-11-9-32(25-36(37)45)59-33-22-30-6-7-31(23-33)51(30)42(56)27-4-2-26(3-5-27)41(55)50-20-18-49(19-21-50)28-14-16-48(17-15-28)29-8-10-34-35(24-29)44(58)52(43(34)57)38-12-13-39(53)47-40(38)54/h2-5,8-11,24-25,28,30-31,33,38H,6-7,12-23H2,(H,47,53,54). The van der Waals surface area contributed by atoms with Gasteiger partial charge in [-0.15, -0.1) is 0 Å². The summed E-state index contributed by atoms with van der Waals surface area (Å²) >= 11 is 6.22. The molecule has 3 aromatic rings. The van der Waals surface area contributed by atoms with Crippen molar-refractivity contribution in [3.05, 3.63) is 99.4 Å². The largest absolute Gasteiger partial charge is 0.490 e. The number of hydrogen-bond acceptors (Lipinski definition) is 9. The van der Waals surface area contributed by atoms with Crippen molar-refractivity contribution in [1.82, 2.24) is 24.9 Å². The van der Waals surface area contributed by atoms with Crippen LogP contribution in [0.25, 0.3) is 4.85 Å². The maximum absolute atomic E-state index is 13.8. The highest BCUT2D eigenvalue weighted by Gasteiger charge is 2.46. The van der Waals surface area contributed by atoms with E-state index in [4.69, 9.17) is 22.9 Å². The summed E-state index contributed by atoms with van der Waals surface area (Å²) in [6.45, 7) is 11.5. The number of fused-ring (bicyclic) bond motifs is 3. The summed E-state index contributed by atoms with van der Waals surface area (Å²) in [5.41, 5.74) is 2.94. The van der Waals surface area contributed by atoms with Gasteiger partial charge in [0.2, 0.25) is 17.5 Å². The number of anilines is 1. The summed E-state index contributed by atoms with van der Waals surface area (Å²) in [5, 5.41) is 2.60. The monoisotopic (exact) mass is 817 g/mol. The molecule has 5 saturated heterocycles. The van der Waals surface area contributed by atoms with Crippen LogP contribution in [0.4, 0.5) is 11.4 Å². The molecule has 0 saturated carbocycles. The molecule has 0 aromatic heterocycles. The number of imide groups is 2. The van der Waals surface area contributed by atoms with Crippen LogP contribution in [0.15, 0.2) is 60.7 Å². The number of benzene rings is 3. The summed E-state index contributed by atoms with van der Waals surface area (Å²) in [4.78, 5) is 90.9. The van der Waals surface area contributed by atoms with E-state index in [0.29, 0.717) is 46.7 Å². The van der Waals surface area contributed by atoms with Gasteiger partial charge in [-0.3, -0.25) is 43.9 Å². The van der Waals surface area contributed by atoms with Crippen molar-refractivity contribution < 1.29 is 33.5 Å². The highest BCUT2D eigenvalue weighted by Crippen LogP contribution is 2.39. The molecule has 9 rings (SSSR count). The number of rotatable bonds is 7. The Morgan fingerprint density at radius 1 is 0.729 bits per heavy atom. The number of piperidine rings is 3. The normalized spacial score (nSPS) is 24.9. The smallest absolute Gasteiger partial charge is 0.262 e. The third-order valence-electron chi connectivity index (χ3n) is 13.0. The number of hydrogen-bond donors (Lipinski definition) is 1. The third-order valence-corrected chi connectivity index (χ3v) is 13.3. The van der Waals surface area contributed by atoms with E-state index in [2.05, 4.69) is 20.0 Å². The lowest BCUT2D eigenvalue weighted by Gasteiger charge is -2.43. The molecule has 3 atom stereocenters. The lowest BCUT2D eigenvalue weighted by atomic mass is 9.98. The second kappa shape index (κ2) is 15.8. The molecule has 6 heterocycles. The average molecular weight is 818 g/mol. The molecule has 0 aliphatic carbocycles. The Labute approximate surface area is 346 Å². The Kier molecular flexibility index (Phi) is 10.3. The minimum absolute atomic E-state index is 0.0183. The quantitative estimate of drug-likeness (QED) is 0.259. The van der Waals surface area contributed by atoms with Gasteiger partial charge in [-0.05, 0) is 86.7 Å². The molecular formula is C44H44ClN7O7. The van der Waals surface area contributed by atoms with Gasteiger partial charge in [-0.25, -0.2) is 4.85 Å². The number of carbonyl (C=O) groups is 6. The zero-order chi connectivity index (χ0) is 40.9. The zero-order valence-corrected chi connectivity index (χ0v) is 33.2. The SMILES string of the molecule is [C-]#[N+]c1ccc(OC2CC3CCC(C2)N3C(=O)c2ccc(C(=O)N3CCN(C4CCN(c5ccc6c(c5)C(=O)N(C5CCC(=O)NC5=O)C6=O)CC4)CC3)cc2)cc1Cl. The van der Waals surface area contributed by atoms with Crippen molar-refractivity contribution in [1.29, 1.82) is 0 Å². The number of nitrogens with zero attached hydrogens (tertiary/aromatic N) is 6. The molecule has 3 aromatic carbocycles. The summed E-state index contributed by atoms with van der Waals surface area (Å²) in [6, 6.07) is 17.0. The lowest BCUT2D eigenvalue weighted by molar-refractivity contribution is -0.136. The molecule has 0 spiro atoms. The lowest BCUT2D eigenvalue weighted by Crippen LogP contribution is -2.54. The van der Waals surface area contributed by atoms with Gasteiger partial charge in [0.15, 0.2) is 0 Å². The zero-order valence-electron chi connectivity index (χ0n) is 32.5. The van der Waals surface area contributed by atoms with Crippen LogP contribution in [0.3, 0.4) is 0 Å². The molecule has 59 heavy (non-hydrogen) atoms. The molecule has 2 bridgehead atoms. The molecule has 6 aliphatic rings. The van der Waals surface area contributed by atoms with Gasteiger partial charge in [0.1, 0.15) is 17.9 Å². The first kappa shape index (κ1) is 38.7. The fraction of sp³-hybridized carbons (Fsp3) is 0.432. The van der Waals surface area contributed by atoms with Gasteiger partial charge < -0.3 is 19.4 Å². The minimum Gasteiger partial charge on any atom is -0.490 e. The van der Waals surface area contributed by atoms with Gasteiger partial charge in [0, 0.05) is 93.5 Å². The molecule has 3 unspecified atom stereocenters. The van der Waals surface area contributed by atoms with Crippen LogP contribution >= 0.6 is 11.6 Å². The van der Waals surface area contributed by atoms with Crippen molar-refractivity contribution in [2.24, 2.45) is 0 Å². The Balaban J connectivity index is 0.745. The Morgan fingerprint density at radius 3 is 2.03 bits per heavy atom. The number of halogens is 1. The number of ether oxygens (including phenoxy) is 1. The van der Waals surface area contributed by atoms with Crippen LogP contribution in [-0.4, -0.2) is 125 Å². The number of piperazine rings is 1. The second-order valence-electron chi connectivity index (χ2n) is 16.3. The van der Waals surface area contributed by atoms with Gasteiger partial charge in [0.25, 0.3) is 23.6 Å². The molecular weight excluding hydrogens is 774 g/mol. The van der Waals surface area contributed by atoms with Crippen LogP contribution in [0, 0.1) is 6.57 Å². The third kappa shape index (κ3) is 7.31. The van der Waals surface area contributed by atoms with Crippen molar-refractivity contribution in [2.45, 2.75) is 81.6 Å². The van der Waals surface area contributed by atoms with Crippen LogP contribution in [-0.2, 0) is 9.59 Å². The predicted octanol–water partition coefficient (Wildman–Crippen LogP) is 4.93. The first-order valence-electron chi connectivity index (χ1n) is 20.5. The van der Waals surface area contributed by atoms with E-state index in [9.17, 15) is 28.8 Å². The summed E-state index contributed by atoms with van der Waals surface area (Å²) in [6.07, 6.45) is 5.27. The first-order chi connectivity index (χ1) is 28.6. The van der Waals surface area contributed by atoms with E-state index >= 15 is 0 Å². The maximum atomic E-state index is 13.8. The summed E-state index contributed by atoms with van der Waals surface area (Å²) in [5.74, 6) is -1.47. The van der Waals surface area contributed by atoms with Gasteiger partial charge in [-0.2, -0.15) is 0 Å². The summed E-state index contributed by atoms with van der Waals surface area (Å²) in [7, 11) is 0. The number of amides is 6. The van der Waals surface area contributed by atoms with E-state index < -0.39 is 29.7 Å². The van der Waals surface area contributed by atoms with Crippen LogP contribution in [0.2, 0.25) is 5.02 Å². The van der Waals surface area contributed by atoms with E-state index in [1.54, 1.807) is 54.6 Å². The molecule has 6 amide bonds. The van der Waals surface area contributed by atoms with Crippen molar-refractivity contribution >= 4 is 58.4 Å². The van der Waals surface area contributed by atoms with Crippen molar-refractivity contribution in [3.63, 3.8) is 0 Å². The molecule has 5 fully saturated rings. The molecule has 1 N–H and O–H groups in total. The summed E-state index contributed by atoms with van der Waals surface area (Å²) < 4.78 is 6.25. The second-order valence-corrected chi connectivity index (χ2v) is 16.7. The van der Waals surface area contributed by atoms with Gasteiger partial charge >= 0.3 is 0 Å². The number of carbonyl (C=O) groups excluding carboxylic acids is 6. The molecule has 14 nitrogen and oxygen atoms in total. The molecule has 15 heteroatoms. The van der Waals surface area contributed by atoms with E-state index in [-0.39, 0.29) is 54.0 Å². The van der Waals surface area contributed by atoms with E-state index in [1.807, 2.05) is 15.9 Å². The molecule has 6 aliphatic heterocycles.